The van der Waals surface area contributed by atoms with Gasteiger partial charge >= 0.3 is 0 Å². The highest BCUT2D eigenvalue weighted by Crippen LogP contribution is 2.38. The molecule has 112 valence electrons. The van der Waals surface area contributed by atoms with Crippen LogP contribution in [-0.2, 0) is 12.2 Å². The number of rotatable bonds is 4. The average molecular weight is 320 g/mol. The summed E-state index contributed by atoms with van der Waals surface area (Å²) in [4.78, 5) is 2.78. The van der Waals surface area contributed by atoms with Crippen LogP contribution in [0.1, 0.15) is 32.5 Å². The van der Waals surface area contributed by atoms with Crippen molar-refractivity contribution in [1.82, 2.24) is 5.43 Å². The van der Waals surface area contributed by atoms with E-state index in [0.717, 1.165) is 17.1 Å². The number of benzene rings is 1. The summed E-state index contributed by atoms with van der Waals surface area (Å²) in [6.07, 6.45) is 1.17. The number of nitrogens with one attached hydrogen (secondary N) is 1. The number of fused-ring (bicyclic) bond motifs is 1. The zero-order chi connectivity index (χ0) is 14.8. The van der Waals surface area contributed by atoms with Gasteiger partial charge in [-0.25, -0.2) is 5.43 Å². The molecular weight excluding hydrogens is 300 g/mol. The number of methoxy groups -OCH3 is 1. The van der Waals surface area contributed by atoms with Crippen LogP contribution in [0.15, 0.2) is 24.3 Å². The largest absolute Gasteiger partial charge is 0.496 e. The summed E-state index contributed by atoms with van der Waals surface area (Å²) in [5.41, 5.74) is 6.75. The highest BCUT2D eigenvalue weighted by molar-refractivity contribution is 7.98. The molecule has 2 aromatic rings. The van der Waals surface area contributed by atoms with Crippen molar-refractivity contribution in [1.29, 1.82) is 0 Å². The van der Waals surface area contributed by atoms with Crippen LogP contribution in [0.25, 0.3) is 0 Å². The summed E-state index contributed by atoms with van der Waals surface area (Å²) in [7, 11) is 1.71. The molecular formula is C16H20N2OS2. The van der Waals surface area contributed by atoms with E-state index in [0.29, 0.717) is 0 Å². The fourth-order valence-electron chi connectivity index (χ4n) is 2.72. The summed E-state index contributed by atoms with van der Waals surface area (Å²) in [5.74, 6) is 9.09. The van der Waals surface area contributed by atoms with Crippen molar-refractivity contribution >= 4 is 23.1 Å². The molecule has 1 atom stereocenters. The van der Waals surface area contributed by atoms with Gasteiger partial charge in [0.2, 0.25) is 0 Å². The van der Waals surface area contributed by atoms with E-state index >= 15 is 0 Å². The van der Waals surface area contributed by atoms with Crippen molar-refractivity contribution < 1.29 is 4.74 Å². The van der Waals surface area contributed by atoms with Crippen molar-refractivity contribution in [3.8, 4) is 5.75 Å². The van der Waals surface area contributed by atoms with Crippen LogP contribution >= 0.6 is 23.1 Å². The molecule has 5 heteroatoms. The topological polar surface area (TPSA) is 47.3 Å². The van der Waals surface area contributed by atoms with Gasteiger partial charge in [0.15, 0.2) is 0 Å². The molecule has 1 unspecified atom stereocenters. The minimum atomic E-state index is -0.0135. The molecule has 0 fully saturated rings. The molecule has 0 bridgehead atoms. The predicted molar refractivity (Wildman–Crippen MR) is 91.1 cm³/mol. The molecule has 0 aliphatic carbocycles. The van der Waals surface area contributed by atoms with Gasteiger partial charge < -0.3 is 4.74 Å². The van der Waals surface area contributed by atoms with Crippen molar-refractivity contribution in [2.75, 3.05) is 12.9 Å². The van der Waals surface area contributed by atoms with E-state index in [1.165, 1.54) is 33.1 Å². The summed E-state index contributed by atoms with van der Waals surface area (Å²) in [6, 6.07) is 8.51. The number of thioether (sulfide) groups is 1. The Balaban J connectivity index is 2.02. The van der Waals surface area contributed by atoms with Gasteiger partial charge in [-0.15, -0.1) is 11.3 Å². The Morgan fingerprint density at radius 2 is 2.19 bits per heavy atom. The van der Waals surface area contributed by atoms with Gasteiger partial charge in [0.25, 0.3) is 0 Å². The van der Waals surface area contributed by atoms with Crippen LogP contribution in [0.5, 0.6) is 5.75 Å². The van der Waals surface area contributed by atoms with Crippen LogP contribution in [0.4, 0.5) is 0 Å². The lowest BCUT2D eigenvalue weighted by Gasteiger charge is -2.18. The molecule has 3 N–H and O–H groups in total. The Hall–Kier alpha value is -1.01. The van der Waals surface area contributed by atoms with Crippen LogP contribution < -0.4 is 16.0 Å². The molecule has 3 nitrogen and oxygen atoms in total. The maximum Gasteiger partial charge on any atom is 0.124 e. The molecule has 2 heterocycles. The highest BCUT2D eigenvalue weighted by Gasteiger charge is 2.22. The molecule has 0 spiro atoms. The fourth-order valence-corrected chi connectivity index (χ4v) is 5.17. The van der Waals surface area contributed by atoms with Crippen molar-refractivity contribution in [3.05, 3.63) is 50.7 Å². The monoisotopic (exact) mass is 320 g/mol. The minimum absolute atomic E-state index is 0.0135. The highest BCUT2D eigenvalue weighted by atomic mass is 32.2. The first-order valence-corrected chi connectivity index (χ1v) is 9.00. The van der Waals surface area contributed by atoms with Crippen molar-refractivity contribution in [2.24, 2.45) is 5.84 Å². The standard InChI is InChI=1S/C16H20N2OS2/c1-10-3-4-13(19-2)12(7-10)16(18-17)15-8-11-9-20-6-5-14(11)21-15/h3-4,7-8,16,18H,5-6,9,17H2,1-2H3. The molecule has 0 radical (unpaired) electrons. The van der Waals surface area contributed by atoms with Gasteiger partial charge in [-0.1, -0.05) is 17.7 Å². The van der Waals surface area contributed by atoms with Crippen LogP contribution in [0, 0.1) is 6.92 Å². The molecule has 1 aromatic carbocycles. The minimum Gasteiger partial charge on any atom is -0.496 e. The molecule has 3 rings (SSSR count). The third-order valence-electron chi connectivity index (χ3n) is 3.79. The summed E-state index contributed by atoms with van der Waals surface area (Å²) in [6.45, 7) is 2.09. The summed E-state index contributed by atoms with van der Waals surface area (Å²) in [5, 5.41) is 0. The lowest BCUT2D eigenvalue weighted by atomic mass is 10.0. The van der Waals surface area contributed by atoms with Crippen molar-refractivity contribution in [2.45, 2.75) is 25.1 Å². The van der Waals surface area contributed by atoms with E-state index in [4.69, 9.17) is 10.6 Å². The van der Waals surface area contributed by atoms with Gasteiger partial charge in [-0.3, -0.25) is 5.84 Å². The zero-order valence-corrected chi connectivity index (χ0v) is 13.9. The number of hydrogen-bond acceptors (Lipinski definition) is 5. The predicted octanol–water partition coefficient (Wildman–Crippen LogP) is 3.41. The maximum atomic E-state index is 5.86. The zero-order valence-electron chi connectivity index (χ0n) is 12.3. The van der Waals surface area contributed by atoms with Gasteiger partial charge in [-0.2, -0.15) is 11.8 Å². The van der Waals surface area contributed by atoms with E-state index in [1.54, 1.807) is 7.11 Å². The Kier molecular flexibility index (Phi) is 4.54. The first kappa shape index (κ1) is 14.9. The fraction of sp³-hybridized carbons (Fsp3) is 0.375. The van der Waals surface area contributed by atoms with Crippen LogP contribution in [0.3, 0.4) is 0 Å². The lowest BCUT2D eigenvalue weighted by molar-refractivity contribution is 0.404. The smallest absolute Gasteiger partial charge is 0.124 e. The number of nitrogens with two attached hydrogens (primary N) is 1. The molecule has 0 amide bonds. The number of hydrogen-bond donors (Lipinski definition) is 2. The van der Waals surface area contributed by atoms with E-state index < -0.39 is 0 Å². The van der Waals surface area contributed by atoms with E-state index in [1.807, 2.05) is 29.2 Å². The third kappa shape index (κ3) is 2.97. The van der Waals surface area contributed by atoms with Crippen molar-refractivity contribution in [3.63, 3.8) is 0 Å². The number of thiophene rings is 1. The van der Waals surface area contributed by atoms with Gasteiger partial charge in [0, 0.05) is 21.1 Å². The molecule has 0 saturated heterocycles. The molecule has 1 aliphatic heterocycles. The lowest BCUT2D eigenvalue weighted by Crippen LogP contribution is -2.28. The van der Waals surface area contributed by atoms with E-state index in [2.05, 4.69) is 30.5 Å². The molecule has 21 heavy (non-hydrogen) atoms. The Morgan fingerprint density at radius 3 is 2.90 bits per heavy atom. The van der Waals surface area contributed by atoms with Crippen LogP contribution in [-0.4, -0.2) is 12.9 Å². The van der Waals surface area contributed by atoms with Crippen LogP contribution in [0.2, 0.25) is 0 Å². The number of aryl methyl sites for hydroxylation is 2. The Morgan fingerprint density at radius 1 is 1.33 bits per heavy atom. The molecule has 1 aromatic heterocycles. The van der Waals surface area contributed by atoms with E-state index in [9.17, 15) is 0 Å². The van der Waals surface area contributed by atoms with E-state index in [-0.39, 0.29) is 6.04 Å². The quantitative estimate of drug-likeness (QED) is 0.669. The third-order valence-corrected chi connectivity index (χ3v) is 6.10. The second-order valence-corrected chi connectivity index (χ2v) is 7.52. The Bertz CT molecular complexity index is 616. The summed E-state index contributed by atoms with van der Waals surface area (Å²) >= 11 is 3.88. The van der Waals surface area contributed by atoms with Gasteiger partial charge in [-0.05, 0) is 36.8 Å². The summed E-state index contributed by atoms with van der Waals surface area (Å²) < 4.78 is 5.51. The second kappa shape index (κ2) is 6.40. The van der Waals surface area contributed by atoms with Gasteiger partial charge in [0.05, 0.1) is 13.2 Å². The first-order chi connectivity index (χ1) is 10.2. The molecule has 1 aliphatic rings. The first-order valence-electron chi connectivity index (χ1n) is 7.03. The SMILES string of the molecule is COc1ccc(C)cc1C(NN)c1cc2c(s1)CCSC2. The van der Waals surface area contributed by atoms with Gasteiger partial charge in [0.1, 0.15) is 5.75 Å². The maximum absolute atomic E-state index is 5.86. The number of hydrazine groups is 1. The second-order valence-electron chi connectivity index (χ2n) is 5.24. The number of ether oxygens (including phenoxy) is 1. The average Bonchev–Trinajstić information content (AvgIpc) is 2.92. The Labute approximate surface area is 133 Å². The molecule has 0 saturated carbocycles. The normalized spacial score (nSPS) is 15.6.